The van der Waals surface area contributed by atoms with Gasteiger partial charge in [0, 0.05) is 6.42 Å². The molecule has 0 saturated heterocycles. The topological polar surface area (TPSA) is 188 Å². The van der Waals surface area contributed by atoms with Crippen LogP contribution in [0.3, 0.4) is 0 Å². The Balaban J connectivity index is 0. The molecule has 0 spiro atoms. The lowest BCUT2D eigenvalue weighted by Gasteiger charge is -2.17. The van der Waals surface area contributed by atoms with Gasteiger partial charge in [-0.25, -0.2) is 0 Å². The standard InChI is InChI=1S/C6H11NO7.H3O3P/c1-2-3-4(8)14-5(7(12)13)6(9,10)11;1-4(2)3/h5,9-11H,2-3H2,1H3;4H,(H2,1,2,3). The maximum Gasteiger partial charge on any atom is 0.437 e. The molecule has 5 N–H and O–H groups in total. The fourth-order valence-corrected chi connectivity index (χ4v) is 0.651. The van der Waals surface area contributed by atoms with E-state index in [-0.39, 0.29) is 6.42 Å². The van der Waals surface area contributed by atoms with Crippen LogP contribution in [0.25, 0.3) is 0 Å². The molecule has 0 aliphatic carbocycles. The molecular weight excluding hydrogens is 277 g/mol. The maximum atomic E-state index is 10.7. The molecule has 1 atom stereocenters. The van der Waals surface area contributed by atoms with Crippen LogP contribution in [-0.2, 0) is 14.1 Å². The van der Waals surface area contributed by atoms with Gasteiger partial charge in [-0.3, -0.25) is 19.5 Å². The van der Waals surface area contributed by atoms with Crippen molar-refractivity contribution in [2.24, 2.45) is 0 Å². The Kier molecular flexibility index (Phi) is 9.53. The number of nitrogens with zero attached hydrogens (tertiary/aromatic N) is 1. The summed E-state index contributed by atoms with van der Waals surface area (Å²) in [5.74, 6) is -4.66. The van der Waals surface area contributed by atoms with Crippen molar-refractivity contribution in [3.8, 4) is 0 Å². The molecule has 1 unspecified atom stereocenters. The first-order valence-corrected chi connectivity index (χ1v) is 5.74. The molecule has 12 heteroatoms. The van der Waals surface area contributed by atoms with Crippen molar-refractivity contribution in [3.05, 3.63) is 10.1 Å². The third-order valence-corrected chi connectivity index (χ3v) is 1.22. The SMILES string of the molecule is CCCC(=O)OC([N+](=O)[O-])C(O)(O)O.O=[PH](O)O. The summed E-state index contributed by atoms with van der Waals surface area (Å²) in [5, 5.41) is 35.5. The van der Waals surface area contributed by atoms with Crippen LogP contribution in [0.15, 0.2) is 0 Å². The predicted molar refractivity (Wildman–Crippen MR) is 54.6 cm³/mol. The Hall–Kier alpha value is -1.10. The molecule has 0 rings (SSSR count). The first-order chi connectivity index (χ1) is 8.02. The number of rotatable bonds is 5. The van der Waals surface area contributed by atoms with E-state index in [9.17, 15) is 14.9 Å². The Morgan fingerprint density at radius 2 is 1.83 bits per heavy atom. The van der Waals surface area contributed by atoms with Crippen LogP contribution in [0.2, 0.25) is 0 Å². The van der Waals surface area contributed by atoms with Crippen molar-refractivity contribution in [2.75, 3.05) is 0 Å². The lowest BCUT2D eigenvalue weighted by molar-refractivity contribution is -0.632. The number of ether oxygens (including phenoxy) is 1. The van der Waals surface area contributed by atoms with Crippen molar-refractivity contribution < 1.29 is 44.1 Å². The zero-order valence-corrected chi connectivity index (χ0v) is 10.2. The molecule has 11 nitrogen and oxygen atoms in total. The minimum absolute atomic E-state index is 0.111. The lowest BCUT2D eigenvalue weighted by Crippen LogP contribution is -2.49. The number of hydrogen-bond donors (Lipinski definition) is 5. The lowest BCUT2D eigenvalue weighted by atomic mass is 10.3. The Morgan fingerprint density at radius 3 is 2.06 bits per heavy atom. The molecule has 0 amide bonds. The second kappa shape index (κ2) is 8.91. The Labute approximate surface area is 101 Å². The fourth-order valence-electron chi connectivity index (χ4n) is 0.651. The predicted octanol–water partition coefficient (Wildman–Crippen LogP) is -2.08. The van der Waals surface area contributed by atoms with E-state index in [0.29, 0.717) is 6.42 Å². The first kappa shape index (κ1) is 19.2. The summed E-state index contributed by atoms with van der Waals surface area (Å²) in [7, 11) is -3.13. The summed E-state index contributed by atoms with van der Waals surface area (Å²) >= 11 is 0. The van der Waals surface area contributed by atoms with Crippen LogP contribution in [-0.4, -0.2) is 48.2 Å². The number of nitro groups is 1. The van der Waals surface area contributed by atoms with E-state index in [4.69, 9.17) is 29.7 Å². The summed E-state index contributed by atoms with van der Waals surface area (Å²) in [6, 6.07) is 0. The van der Waals surface area contributed by atoms with Crippen LogP contribution in [0, 0.1) is 10.1 Å². The summed E-state index contributed by atoms with van der Waals surface area (Å²) in [5.41, 5.74) is 0. The minimum Gasteiger partial charge on any atom is -0.392 e. The number of aliphatic hydroxyl groups is 3. The van der Waals surface area contributed by atoms with E-state index < -0.39 is 31.3 Å². The van der Waals surface area contributed by atoms with Gasteiger partial charge >= 0.3 is 26.4 Å². The average molecular weight is 291 g/mol. The van der Waals surface area contributed by atoms with Gasteiger partial charge in [0.1, 0.15) is 0 Å². The van der Waals surface area contributed by atoms with Gasteiger partial charge in [-0.1, -0.05) is 6.92 Å². The summed E-state index contributed by atoms with van der Waals surface area (Å²) in [6.45, 7) is 1.63. The zero-order chi connectivity index (χ0) is 14.9. The van der Waals surface area contributed by atoms with Crippen molar-refractivity contribution >= 4 is 14.2 Å². The molecule has 0 radical (unpaired) electrons. The van der Waals surface area contributed by atoms with Gasteiger partial charge in [-0.15, -0.1) is 0 Å². The van der Waals surface area contributed by atoms with Gasteiger partial charge in [0.05, 0.1) is 4.92 Å². The fraction of sp³-hybridized carbons (Fsp3) is 0.833. The van der Waals surface area contributed by atoms with Crippen molar-refractivity contribution in [1.82, 2.24) is 0 Å². The molecule has 0 heterocycles. The molecular formula is C6H14NO10P. The monoisotopic (exact) mass is 291 g/mol. The average Bonchev–Trinajstić information content (AvgIpc) is 2.11. The van der Waals surface area contributed by atoms with Crippen molar-refractivity contribution in [3.63, 3.8) is 0 Å². The molecule has 108 valence electrons. The van der Waals surface area contributed by atoms with Crippen LogP contribution in [0.4, 0.5) is 0 Å². The molecule has 0 aliphatic heterocycles. The van der Waals surface area contributed by atoms with Crippen LogP contribution in [0.5, 0.6) is 0 Å². The van der Waals surface area contributed by atoms with Gasteiger partial charge in [-0.05, 0) is 6.42 Å². The highest BCUT2D eigenvalue weighted by Gasteiger charge is 2.46. The third-order valence-electron chi connectivity index (χ3n) is 1.22. The quantitative estimate of drug-likeness (QED) is 0.124. The van der Waals surface area contributed by atoms with Crippen LogP contribution in [0.1, 0.15) is 19.8 Å². The highest BCUT2D eigenvalue weighted by atomic mass is 31.1. The van der Waals surface area contributed by atoms with E-state index in [2.05, 4.69) is 4.74 Å². The molecule has 0 aliphatic rings. The van der Waals surface area contributed by atoms with E-state index in [1.165, 1.54) is 0 Å². The smallest absolute Gasteiger partial charge is 0.392 e. The number of carbonyl (C=O) groups is 1. The first-order valence-electron chi connectivity index (χ1n) is 4.44. The zero-order valence-electron chi connectivity index (χ0n) is 9.22. The maximum absolute atomic E-state index is 10.7. The molecule has 0 bridgehead atoms. The summed E-state index contributed by atoms with van der Waals surface area (Å²) in [4.78, 5) is 33.9. The molecule has 0 saturated carbocycles. The number of hydrogen-bond acceptors (Lipinski definition) is 8. The highest BCUT2D eigenvalue weighted by molar-refractivity contribution is 7.30. The van der Waals surface area contributed by atoms with E-state index in [1.807, 2.05) is 0 Å². The van der Waals surface area contributed by atoms with Gasteiger partial charge in [-0.2, -0.15) is 0 Å². The molecule has 0 aromatic rings. The van der Waals surface area contributed by atoms with E-state index in [1.54, 1.807) is 6.92 Å². The third kappa shape index (κ3) is 11.4. The summed E-state index contributed by atoms with van der Waals surface area (Å²) in [6.07, 6.45) is -2.32. The van der Waals surface area contributed by atoms with Gasteiger partial charge in [0.25, 0.3) is 0 Å². The highest BCUT2D eigenvalue weighted by Crippen LogP contribution is 2.09. The van der Waals surface area contributed by atoms with Crippen LogP contribution >= 0.6 is 8.25 Å². The Bertz CT molecular complexity index is 295. The van der Waals surface area contributed by atoms with Crippen molar-refractivity contribution in [2.45, 2.75) is 32.0 Å². The normalized spacial score (nSPS) is 12.4. The van der Waals surface area contributed by atoms with Gasteiger partial charge in [0.2, 0.25) is 0 Å². The second-order valence-corrected chi connectivity index (χ2v) is 3.41. The molecule has 0 fully saturated rings. The van der Waals surface area contributed by atoms with Crippen molar-refractivity contribution in [1.29, 1.82) is 0 Å². The van der Waals surface area contributed by atoms with Crippen LogP contribution < -0.4 is 0 Å². The Morgan fingerprint density at radius 1 is 1.44 bits per heavy atom. The molecule has 0 aromatic heterocycles. The van der Waals surface area contributed by atoms with E-state index >= 15 is 0 Å². The number of esters is 1. The van der Waals surface area contributed by atoms with Gasteiger partial charge in [0.15, 0.2) is 0 Å². The largest absolute Gasteiger partial charge is 0.437 e. The van der Waals surface area contributed by atoms with Gasteiger partial charge < -0.3 is 29.8 Å². The number of carbonyl (C=O) groups excluding carboxylic acids is 1. The second-order valence-electron chi connectivity index (χ2n) is 2.85. The molecule has 18 heavy (non-hydrogen) atoms. The minimum atomic E-state index is -3.67. The summed E-state index contributed by atoms with van der Waals surface area (Å²) < 4.78 is 12.8. The molecule has 0 aromatic carbocycles. The van der Waals surface area contributed by atoms with E-state index in [0.717, 1.165) is 0 Å².